The smallest absolute Gasteiger partial charge is 0.405 e. The summed E-state index contributed by atoms with van der Waals surface area (Å²) in [6, 6.07) is 5.38. The molecule has 0 aliphatic carbocycles. The molecule has 1 N–H and O–H groups in total. The van der Waals surface area contributed by atoms with E-state index >= 15 is 0 Å². The third-order valence-electron chi connectivity index (χ3n) is 4.23. The van der Waals surface area contributed by atoms with E-state index in [1.807, 2.05) is 0 Å². The van der Waals surface area contributed by atoms with Crippen LogP contribution in [-0.4, -0.2) is 55.8 Å². The van der Waals surface area contributed by atoms with Crippen molar-refractivity contribution < 1.29 is 32.2 Å². The largest absolute Gasteiger partial charge is 0.573 e. The number of halogens is 3. The number of morpholine rings is 1. The molecule has 2 amide bonds. The molecular formula is C16H19F3N2O4. The molecule has 2 aliphatic heterocycles. The van der Waals surface area contributed by atoms with Crippen molar-refractivity contribution in [1.29, 1.82) is 0 Å². The van der Waals surface area contributed by atoms with Gasteiger partial charge in [-0.3, -0.25) is 0 Å². The third-order valence-corrected chi connectivity index (χ3v) is 4.23. The minimum atomic E-state index is -4.78. The van der Waals surface area contributed by atoms with E-state index in [9.17, 15) is 18.0 Å². The summed E-state index contributed by atoms with van der Waals surface area (Å²) in [6.45, 7) is 2.21. The monoisotopic (exact) mass is 360 g/mol. The molecule has 2 saturated heterocycles. The summed E-state index contributed by atoms with van der Waals surface area (Å²) in [5.74, 6) is -0.321. The first-order valence-corrected chi connectivity index (χ1v) is 7.95. The Hall–Kier alpha value is -2.00. The van der Waals surface area contributed by atoms with Gasteiger partial charge in [-0.2, -0.15) is 0 Å². The Morgan fingerprint density at radius 1 is 1.32 bits per heavy atom. The number of ether oxygens (including phenoxy) is 3. The van der Waals surface area contributed by atoms with Crippen molar-refractivity contribution in [3.8, 4) is 5.75 Å². The molecule has 0 aromatic heterocycles. The summed E-state index contributed by atoms with van der Waals surface area (Å²) in [6.07, 6.45) is -4.06. The lowest BCUT2D eigenvalue weighted by Gasteiger charge is -2.39. The maximum Gasteiger partial charge on any atom is 0.573 e. The Balaban J connectivity index is 1.59. The van der Waals surface area contributed by atoms with Crippen LogP contribution in [0.15, 0.2) is 24.3 Å². The van der Waals surface area contributed by atoms with Gasteiger partial charge in [0.05, 0.1) is 19.8 Å². The average Bonchev–Trinajstić information content (AvgIpc) is 3.00. The molecule has 0 bridgehead atoms. The van der Waals surface area contributed by atoms with Gasteiger partial charge in [0.1, 0.15) is 11.4 Å². The van der Waals surface area contributed by atoms with Gasteiger partial charge >= 0.3 is 12.4 Å². The molecule has 2 heterocycles. The van der Waals surface area contributed by atoms with E-state index in [2.05, 4.69) is 10.1 Å². The first-order chi connectivity index (χ1) is 11.9. The topological polar surface area (TPSA) is 60.0 Å². The van der Waals surface area contributed by atoms with Crippen molar-refractivity contribution in [3.05, 3.63) is 29.8 Å². The molecule has 0 saturated carbocycles. The highest BCUT2D eigenvalue weighted by Crippen LogP contribution is 2.28. The Morgan fingerprint density at radius 2 is 2.12 bits per heavy atom. The van der Waals surface area contributed by atoms with Crippen molar-refractivity contribution in [2.75, 3.05) is 32.9 Å². The number of nitrogens with one attached hydrogen (secondary N) is 1. The van der Waals surface area contributed by atoms with E-state index in [0.717, 1.165) is 6.42 Å². The summed E-state index contributed by atoms with van der Waals surface area (Å²) < 4.78 is 52.4. The first-order valence-electron chi connectivity index (χ1n) is 7.95. The summed E-state index contributed by atoms with van der Waals surface area (Å²) in [5.41, 5.74) is -0.215. The van der Waals surface area contributed by atoms with Crippen molar-refractivity contribution in [2.24, 2.45) is 0 Å². The second-order valence-corrected chi connectivity index (χ2v) is 6.07. The number of hydrogen-bond acceptors (Lipinski definition) is 4. The van der Waals surface area contributed by atoms with E-state index < -0.39 is 12.0 Å². The lowest BCUT2D eigenvalue weighted by molar-refractivity contribution is -0.274. The van der Waals surface area contributed by atoms with E-state index in [1.165, 1.54) is 18.2 Å². The maximum atomic E-state index is 12.4. The van der Waals surface area contributed by atoms with Crippen molar-refractivity contribution in [2.45, 2.75) is 24.9 Å². The summed E-state index contributed by atoms with van der Waals surface area (Å²) in [5, 5.41) is 2.64. The zero-order chi connectivity index (χ0) is 17.9. The number of hydrogen-bond donors (Lipinski definition) is 1. The van der Waals surface area contributed by atoms with Crippen LogP contribution in [0.1, 0.15) is 12.0 Å². The van der Waals surface area contributed by atoms with Gasteiger partial charge in [0.2, 0.25) is 0 Å². The highest BCUT2D eigenvalue weighted by molar-refractivity contribution is 5.74. The number of benzene rings is 1. The van der Waals surface area contributed by atoms with Crippen LogP contribution in [0, 0.1) is 0 Å². The van der Waals surface area contributed by atoms with Gasteiger partial charge < -0.3 is 24.4 Å². The average molecular weight is 360 g/mol. The van der Waals surface area contributed by atoms with Crippen molar-refractivity contribution in [1.82, 2.24) is 10.2 Å². The van der Waals surface area contributed by atoms with E-state index in [-0.39, 0.29) is 23.9 Å². The number of rotatable bonds is 3. The molecule has 1 aromatic carbocycles. The zero-order valence-electron chi connectivity index (χ0n) is 13.5. The van der Waals surface area contributed by atoms with E-state index in [1.54, 1.807) is 11.0 Å². The SMILES string of the molecule is O=C(NCc1ccccc1OC(F)(F)F)N1CCOC2(CCOC2)C1. The molecule has 25 heavy (non-hydrogen) atoms. The molecule has 3 rings (SSSR count). The number of carbonyl (C=O) groups is 1. The number of nitrogens with zero attached hydrogens (tertiary/aromatic N) is 1. The predicted molar refractivity (Wildman–Crippen MR) is 81.1 cm³/mol. The molecule has 6 nitrogen and oxygen atoms in total. The molecule has 0 radical (unpaired) electrons. The summed E-state index contributed by atoms with van der Waals surface area (Å²) in [7, 11) is 0. The van der Waals surface area contributed by atoms with Gasteiger partial charge in [-0.15, -0.1) is 13.2 Å². The quantitative estimate of drug-likeness (QED) is 0.899. The minimum absolute atomic E-state index is 0.0635. The van der Waals surface area contributed by atoms with Gasteiger partial charge in [-0.05, 0) is 6.07 Å². The Kier molecular flexibility index (Phi) is 5.05. The molecule has 1 aromatic rings. The normalized spacial score (nSPS) is 23.7. The number of para-hydroxylation sites is 1. The van der Waals surface area contributed by atoms with Crippen molar-refractivity contribution in [3.63, 3.8) is 0 Å². The number of alkyl halides is 3. The van der Waals surface area contributed by atoms with Crippen molar-refractivity contribution >= 4 is 6.03 Å². The minimum Gasteiger partial charge on any atom is -0.405 e. The molecule has 1 unspecified atom stereocenters. The lowest BCUT2D eigenvalue weighted by atomic mass is 10.0. The molecule has 2 fully saturated rings. The second kappa shape index (κ2) is 7.09. The number of amides is 2. The fourth-order valence-corrected chi connectivity index (χ4v) is 3.00. The standard InChI is InChI=1S/C16H19F3N2O4/c17-16(18,19)25-13-4-2-1-3-12(13)9-20-14(22)21-6-8-24-15(10-21)5-7-23-11-15/h1-4H,5-11H2,(H,20,22). The number of carbonyl (C=O) groups excluding carboxylic acids is 1. The highest BCUT2D eigenvalue weighted by Gasteiger charge is 2.41. The molecule has 2 aliphatic rings. The fourth-order valence-electron chi connectivity index (χ4n) is 3.00. The fraction of sp³-hybridized carbons (Fsp3) is 0.562. The van der Waals surface area contributed by atoms with Crippen LogP contribution in [0.3, 0.4) is 0 Å². The van der Waals surface area contributed by atoms with Gasteiger partial charge in [-0.25, -0.2) is 4.79 Å². The zero-order valence-corrected chi connectivity index (χ0v) is 13.5. The lowest BCUT2D eigenvalue weighted by Crippen LogP contribution is -2.56. The predicted octanol–water partition coefficient (Wildman–Crippen LogP) is 2.29. The Labute approximate surface area is 142 Å². The van der Waals surface area contributed by atoms with E-state index in [4.69, 9.17) is 9.47 Å². The van der Waals surface area contributed by atoms with Crippen LogP contribution >= 0.6 is 0 Å². The molecule has 1 spiro atoms. The number of urea groups is 1. The maximum absolute atomic E-state index is 12.4. The molecule has 138 valence electrons. The van der Waals surface area contributed by atoms with Crippen LogP contribution in [0.25, 0.3) is 0 Å². The Bertz CT molecular complexity index is 618. The van der Waals surface area contributed by atoms with Crippen LogP contribution in [0.5, 0.6) is 5.75 Å². The molecular weight excluding hydrogens is 341 g/mol. The van der Waals surface area contributed by atoms with Gasteiger partial charge in [0.15, 0.2) is 0 Å². The summed E-state index contributed by atoms with van der Waals surface area (Å²) in [4.78, 5) is 14.0. The second-order valence-electron chi connectivity index (χ2n) is 6.07. The van der Waals surface area contributed by atoms with Crippen LogP contribution in [0.2, 0.25) is 0 Å². The molecule has 1 atom stereocenters. The van der Waals surface area contributed by atoms with Gasteiger partial charge in [-0.1, -0.05) is 18.2 Å². The third kappa shape index (κ3) is 4.55. The van der Waals surface area contributed by atoms with Gasteiger partial charge in [0.25, 0.3) is 0 Å². The van der Waals surface area contributed by atoms with Crippen LogP contribution in [0.4, 0.5) is 18.0 Å². The van der Waals surface area contributed by atoms with E-state index in [0.29, 0.717) is 32.9 Å². The molecule has 9 heteroatoms. The first kappa shape index (κ1) is 17.8. The van der Waals surface area contributed by atoms with Crippen LogP contribution in [-0.2, 0) is 16.0 Å². The Morgan fingerprint density at radius 3 is 2.84 bits per heavy atom. The van der Waals surface area contributed by atoms with Gasteiger partial charge in [0, 0.05) is 31.7 Å². The summed E-state index contributed by atoms with van der Waals surface area (Å²) >= 11 is 0. The highest BCUT2D eigenvalue weighted by atomic mass is 19.4. The van der Waals surface area contributed by atoms with Crippen LogP contribution < -0.4 is 10.1 Å².